The molecule has 0 aliphatic heterocycles. The van der Waals surface area contributed by atoms with Crippen LogP contribution in [0.5, 0.6) is 0 Å². The number of rotatable bonds is 2. The first-order chi connectivity index (χ1) is 4.83. The molecule has 0 nitrogen and oxygen atoms in total. The van der Waals surface area contributed by atoms with Crippen LogP contribution in [-0.4, -0.2) is 0 Å². The van der Waals surface area contributed by atoms with Crippen molar-refractivity contribution in [3.8, 4) is 0 Å². The van der Waals surface area contributed by atoms with Crippen molar-refractivity contribution in [3.63, 3.8) is 0 Å². The summed E-state index contributed by atoms with van der Waals surface area (Å²) in [6.07, 6.45) is 8.87. The van der Waals surface area contributed by atoms with Crippen LogP contribution in [0.2, 0.25) is 0 Å². The minimum absolute atomic E-state index is 0.959. The first-order valence-corrected chi connectivity index (χ1v) is 4.65. The fourth-order valence-corrected chi connectivity index (χ4v) is 1.78. The lowest BCUT2D eigenvalue weighted by molar-refractivity contribution is 0.439. The van der Waals surface area contributed by atoms with Gasteiger partial charge in [-0.1, -0.05) is 25.8 Å². The van der Waals surface area contributed by atoms with Gasteiger partial charge < -0.3 is 0 Å². The molecule has 0 bridgehead atoms. The minimum atomic E-state index is 0.959. The Hall–Kier alpha value is 0.0900. The van der Waals surface area contributed by atoms with Gasteiger partial charge in [-0.15, -0.1) is 12.6 Å². The second kappa shape index (κ2) is 4.07. The van der Waals surface area contributed by atoms with Gasteiger partial charge in [0.1, 0.15) is 0 Å². The summed E-state index contributed by atoms with van der Waals surface area (Å²) in [4.78, 5) is 1.30. The number of allylic oxidation sites excluding steroid dienone is 2. The molecule has 0 saturated carbocycles. The topological polar surface area (TPSA) is 0 Å². The molecule has 0 heterocycles. The summed E-state index contributed by atoms with van der Waals surface area (Å²) in [5.41, 5.74) is 0. The summed E-state index contributed by atoms with van der Waals surface area (Å²) in [6, 6.07) is 0. The maximum Gasteiger partial charge on any atom is -0.0222 e. The van der Waals surface area contributed by atoms with E-state index in [0.29, 0.717) is 0 Å². The van der Waals surface area contributed by atoms with E-state index in [0.717, 1.165) is 5.92 Å². The maximum atomic E-state index is 4.33. The summed E-state index contributed by atoms with van der Waals surface area (Å²) >= 11 is 4.33. The van der Waals surface area contributed by atoms with Crippen LogP contribution in [0.25, 0.3) is 0 Å². The Morgan fingerprint density at radius 2 is 2.50 bits per heavy atom. The van der Waals surface area contributed by atoms with Gasteiger partial charge in [-0.2, -0.15) is 0 Å². The highest BCUT2D eigenvalue weighted by Crippen LogP contribution is 2.28. The first kappa shape index (κ1) is 8.19. The molecular formula is C9H16S. The molecule has 1 heteroatoms. The number of hydrogen-bond acceptors (Lipinski definition) is 1. The van der Waals surface area contributed by atoms with Gasteiger partial charge in [0.25, 0.3) is 0 Å². The molecule has 0 aromatic rings. The summed E-state index contributed by atoms with van der Waals surface area (Å²) < 4.78 is 0. The summed E-state index contributed by atoms with van der Waals surface area (Å²) in [5, 5.41) is 0. The third-order valence-corrected chi connectivity index (χ3v) is 2.60. The lowest BCUT2D eigenvalue weighted by atomic mass is 9.90. The van der Waals surface area contributed by atoms with Crippen molar-refractivity contribution < 1.29 is 0 Å². The molecule has 0 aromatic carbocycles. The van der Waals surface area contributed by atoms with E-state index >= 15 is 0 Å². The average Bonchev–Trinajstić information content (AvgIpc) is 1.95. The van der Waals surface area contributed by atoms with Crippen molar-refractivity contribution in [2.24, 2.45) is 5.92 Å². The quantitative estimate of drug-likeness (QED) is 0.582. The average molecular weight is 156 g/mol. The zero-order chi connectivity index (χ0) is 7.40. The highest BCUT2D eigenvalue weighted by atomic mass is 32.1. The molecule has 1 unspecified atom stereocenters. The molecule has 0 aromatic heterocycles. The predicted octanol–water partition coefficient (Wildman–Crippen LogP) is 3.40. The molecular weight excluding hydrogens is 140 g/mol. The van der Waals surface area contributed by atoms with E-state index in [4.69, 9.17) is 0 Å². The first-order valence-electron chi connectivity index (χ1n) is 4.21. The molecule has 58 valence electrons. The van der Waals surface area contributed by atoms with Crippen LogP contribution < -0.4 is 0 Å². The fraction of sp³-hybridized carbons (Fsp3) is 0.778. The Morgan fingerprint density at radius 1 is 1.70 bits per heavy atom. The second-order valence-corrected chi connectivity index (χ2v) is 3.70. The van der Waals surface area contributed by atoms with Gasteiger partial charge in [-0.3, -0.25) is 0 Å². The Morgan fingerprint density at radius 3 is 3.00 bits per heavy atom. The molecule has 1 atom stereocenters. The van der Waals surface area contributed by atoms with Gasteiger partial charge in [0.2, 0.25) is 0 Å². The Balaban J connectivity index is 2.27. The Bertz CT molecular complexity index is 127. The van der Waals surface area contributed by atoms with Crippen LogP contribution >= 0.6 is 12.6 Å². The SMILES string of the molecule is CCCC1CC=C(S)CC1. The number of hydrogen-bond donors (Lipinski definition) is 1. The van der Waals surface area contributed by atoms with Crippen LogP contribution in [0.15, 0.2) is 11.0 Å². The smallest absolute Gasteiger partial charge is 0.0222 e. The van der Waals surface area contributed by atoms with Crippen LogP contribution in [0, 0.1) is 5.92 Å². The van der Waals surface area contributed by atoms with E-state index in [1.807, 2.05) is 0 Å². The van der Waals surface area contributed by atoms with Crippen molar-refractivity contribution in [1.82, 2.24) is 0 Å². The normalized spacial score (nSPS) is 26.2. The van der Waals surface area contributed by atoms with Gasteiger partial charge >= 0.3 is 0 Å². The Kier molecular flexibility index (Phi) is 3.33. The molecule has 0 N–H and O–H groups in total. The van der Waals surface area contributed by atoms with E-state index in [2.05, 4.69) is 25.6 Å². The van der Waals surface area contributed by atoms with E-state index < -0.39 is 0 Å². The van der Waals surface area contributed by atoms with Gasteiger partial charge in [-0.25, -0.2) is 0 Å². The van der Waals surface area contributed by atoms with Crippen LogP contribution in [0.3, 0.4) is 0 Å². The molecule has 0 radical (unpaired) electrons. The molecule has 10 heavy (non-hydrogen) atoms. The zero-order valence-corrected chi connectivity index (χ0v) is 7.53. The van der Waals surface area contributed by atoms with Crippen LogP contribution in [0.4, 0.5) is 0 Å². The summed E-state index contributed by atoms with van der Waals surface area (Å²) in [5.74, 6) is 0.959. The molecule has 1 aliphatic rings. The predicted molar refractivity (Wildman–Crippen MR) is 49.3 cm³/mol. The Labute approximate surface area is 69.1 Å². The van der Waals surface area contributed by atoms with E-state index in [1.54, 1.807) is 0 Å². The molecule has 0 amide bonds. The third-order valence-electron chi connectivity index (χ3n) is 2.19. The largest absolute Gasteiger partial charge is 0.148 e. The van der Waals surface area contributed by atoms with Crippen molar-refractivity contribution >= 4 is 12.6 Å². The lowest BCUT2D eigenvalue weighted by Crippen LogP contribution is -2.02. The van der Waals surface area contributed by atoms with Crippen molar-refractivity contribution in [2.45, 2.75) is 39.0 Å². The van der Waals surface area contributed by atoms with Gasteiger partial charge in [0, 0.05) is 0 Å². The van der Waals surface area contributed by atoms with Crippen molar-refractivity contribution in [1.29, 1.82) is 0 Å². The number of thiol groups is 1. The summed E-state index contributed by atoms with van der Waals surface area (Å²) in [6.45, 7) is 2.26. The molecule has 1 aliphatic carbocycles. The maximum absolute atomic E-state index is 4.33. The van der Waals surface area contributed by atoms with Crippen LogP contribution in [0.1, 0.15) is 39.0 Å². The molecule has 1 rings (SSSR count). The van der Waals surface area contributed by atoms with Crippen molar-refractivity contribution in [2.75, 3.05) is 0 Å². The summed E-state index contributed by atoms with van der Waals surface area (Å²) in [7, 11) is 0. The third kappa shape index (κ3) is 2.37. The second-order valence-electron chi connectivity index (χ2n) is 3.12. The van der Waals surface area contributed by atoms with E-state index in [9.17, 15) is 0 Å². The highest BCUT2D eigenvalue weighted by Gasteiger charge is 2.10. The minimum Gasteiger partial charge on any atom is -0.148 e. The standard InChI is InChI=1S/C9H16S/c1-2-3-8-4-6-9(10)7-5-8/h6,8,10H,2-5,7H2,1H3. The van der Waals surface area contributed by atoms with E-state index in [-0.39, 0.29) is 0 Å². The highest BCUT2D eigenvalue weighted by molar-refractivity contribution is 7.84. The van der Waals surface area contributed by atoms with Gasteiger partial charge in [0.05, 0.1) is 0 Å². The monoisotopic (exact) mass is 156 g/mol. The van der Waals surface area contributed by atoms with Gasteiger partial charge in [0.15, 0.2) is 0 Å². The molecule has 0 spiro atoms. The fourth-order valence-electron chi connectivity index (χ4n) is 1.55. The van der Waals surface area contributed by atoms with E-state index in [1.165, 1.54) is 37.0 Å². The molecule has 0 fully saturated rings. The zero-order valence-electron chi connectivity index (χ0n) is 6.64. The van der Waals surface area contributed by atoms with Crippen LogP contribution in [-0.2, 0) is 0 Å². The van der Waals surface area contributed by atoms with Gasteiger partial charge in [-0.05, 0) is 30.1 Å². The molecule has 0 saturated heterocycles. The van der Waals surface area contributed by atoms with Crippen molar-refractivity contribution in [3.05, 3.63) is 11.0 Å². The lowest BCUT2D eigenvalue weighted by Gasteiger charge is -2.18.